The van der Waals surface area contributed by atoms with Crippen molar-refractivity contribution in [3.63, 3.8) is 0 Å². The van der Waals surface area contributed by atoms with Crippen molar-refractivity contribution in [2.75, 3.05) is 7.11 Å². The lowest BCUT2D eigenvalue weighted by Crippen LogP contribution is -2.44. The molecule has 0 radical (unpaired) electrons. The van der Waals surface area contributed by atoms with E-state index in [1.165, 1.54) is 0 Å². The third kappa shape index (κ3) is 2.34. The molecule has 5 heteroatoms. The number of hydrogen-bond donors (Lipinski definition) is 1. The first kappa shape index (κ1) is 15.6. The molecule has 0 amide bonds. The highest BCUT2D eigenvalue weighted by molar-refractivity contribution is 5.42. The summed E-state index contributed by atoms with van der Waals surface area (Å²) in [7, 11) is 1.69. The highest BCUT2D eigenvalue weighted by Gasteiger charge is 2.48. The summed E-state index contributed by atoms with van der Waals surface area (Å²) in [6, 6.07) is 8.37. The van der Waals surface area contributed by atoms with E-state index in [0.29, 0.717) is 23.7 Å². The summed E-state index contributed by atoms with van der Waals surface area (Å²) >= 11 is 0. The molecule has 5 nitrogen and oxygen atoms in total. The Morgan fingerprint density at radius 3 is 2.71 bits per heavy atom. The van der Waals surface area contributed by atoms with Crippen molar-refractivity contribution in [2.24, 2.45) is 17.6 Å². The van der Waals surface area contributed by atoms with Gasteiger partial charge in [-0.15, -0.1) is 0 Å². The summed E-state index contributed by atoms with van der Waals surface area (Å²) in [4.78, 5) is 4.76. The van der Waals surface area contributed by atoms with Crippen LogP contribution in [0.25, 0.3) is 0 Å². The SMILES string of the molecule is COc1ccccc1C(C)(C)c1noc(C2C[C@@H]3C[C@H](N)[C@@H]3C2)n1. The first-order valence-electron chi connectivity index (χ1n) is 8.74. The Balaban J connectivity index is 1.60. The van der Waals surface area contributed by atoms with E-state index in [4.69, 9.17) is 20.0 Å². The minimum atomic E-state index is -0.373. The molecule has 0 bridgehead atoms. The number of ether oxygens (including phenoxy) is 1. The molecule has 1 heterocycles. The van der Waals surface area contributed by atoms with Gasteiger partial charge in [0, 0.05) is 17.5 Å². The molecule has 0 spiro atoms. The molecule has 4 rings (SSSR count). The minimum absolute atomic E-state index is 0.364. The van der Waals surface area contributed by atoms with Crippen LogP contribution in [0.5, 0.6) is 5.75 Å². The maximum absolute atomic E-state index is 6.11. The Labute approximate surface area is 142 Å². The predicted molar refractivity (Wildman–Crippen MR) is 91.0 cm³/mol. The van der Waals surface area contributed by atoms with Crippen molar-refractivity contribution in [2.45, 2.75) is 50.5 Å². The van der Waals surface area contributed by atoms with Gasteiger partial charge in [-0.2, -0.15) is 4.98 Å². The molecule has 2 fully saturated rings. The fraction of sp³-hybridized carbons (Fsp3) is 0.579. The monoisotopic (exact) mass is 327 g/mol. The molecule has 1 aromatic heterocycles. The van der Waals surface area contributed by atoms with Gasteiger partial charge in [-0.25, -0.2) is 0 Å². The van der Waals surface area contributed by atoms with E-state index in [2.05, 4.69) is 25.1 Å². The summed E-state index contributed by atoms with van der Waals surface area (Å²) in [6.07, 6.45) is 3.37. The average molecular weight is 327 g/mol. The Morgan fingerprint density at radius 2 is 2.00 bits per heavy atom. The van der Waals surface area contributed by atoms with Gasteiger partial charge in [-0.1, -0.05) is 23.4 Å². The molecule has 2 N–H and O–H groups in total. The second-order valence-corrected chi connectivity index (χ2v) is 7.77. The van der Waals surface area contributed by atoms with Crippen molar-refractivity contribution < 1.29 is 9.26 Å². The smallest absolute Gasteiger partial charge is 0.229 e. The second kappa shape index (κ2) is 5.59. The minimum Gasteiger partial charge on any atom is -0.496 e. The molecule has 0 saturated heterocycles. The van der Waals surface area contributed by atoms with E-state index >= 15 is 0 Å². The van der Waals surface area contributed by atoms with Crippen LogP contribution in [0, 0.1) is 11.8 Å². The maximum Gasteiger partial charge on any atom is 0.229 e. The zero-order chi connectivity index (χ0) is 16.9. The Hall–Kier alpha value is -1.88. The number of rotatable bonds is 4. The summed E-state index contributed by atoms with van der Waals surface area (Å²) in [5.74, 6) is 4.09. The standard InChI is InChI=1S/C19H25N3O2/c1-19(2,14-6-4-5-7-16(14)23-3)18-21-17(24-22-18)12-8-11-10-15(20)13(11)9-12/h4-7,11-13,15H,8-10,20H2,1-3H3/t11-,12?,13-,15+/m1/s1. The normalized spacial score (nSPS) is 29.2. The van der Waals surface area contributed by atoms with E-state index in [9.17, 15) is 0 Å². The average Bonchev–Trinajstić information content (AvgIpc) is 3.19. The largest absolute Gasteiger partial charge is 0.496 e. The third-order valence-corrected chi connectivity index (χ3v) is 6.00. The van der Waals surface area contributed by atoms with Crippen LogP contribution in [-0.2, 0) is 5.41 Å². The second-order valence-electron chi connectivity index (χ2n) is 7.77. The van der Waals surface area contributed by atoms with Crippen LogP contribution in [0.15, 0.2) is 28.8 Å². The number of fused-ring (bicyclic) bond motifs is 1. The van der Waals surface area contributed by atoms with Gasteiger partial charge in [0.2, 0.25) is 5.89 Å². The molecule has 2 aliphatic rings. The zero-order valence-corrected chi connectivity index (χ0v) is 14.5. The molecule has 2 aliphatic carbocycles. The van der Waals surface area contributed by atoms with Crippen LogP contribution in [0.2, 0.25) is 0 Å². The van der Waals surface area contributed by atoms with Gasteiger partial charge < -0.3 is 15.0 Å². The predicted octanol–water partition coefficient (Wildman–Crippen LogP) is 3.24. The number of para-hydroxylation sites is 1. The molecular weight excluding hydrogens is 302 g/mol. The number of benzene rings is 1. The van der Waals surface area contributed by atoms with Crippen LogP contribution in [0.1, 0.15) is 56.3 Å². The fourth-order valence-electron chi connectivity index (χ4n) is 4.42. The molecule has 2 saturated carbocycles. The maximum atomic E-state index is 6.11. The fourth-order valence-corrected chi connectivity index (χ4v) is 4.42. The summed E-state index contributed by atoms with van der Waals surface area (Å²) in [6.45, 7) is 4.21. The molecule has 1 unspecified atom stereocenters. The van der Waals surface area contributed by atoms with Crippen LogP contribution < -0.4 is 10.5 Å². The molecule has 4 atom stereocenters. The highest BCUT2D eigenvalue weighted by Crippen LogP contribution is 2.52. The third-order valence-electron chi connectivity index (χ3n) is 6.00. The number of hydrogen-bond acceptors (Lipinski definition) is 5. The van der Waals surface area contributed by atoms with E-state index < -0.39 is 0 Å². The van der Waals surface area contributed by atoms with Gasteiger partial charge in [-0.05, 0) is 51.0 Å². The molecular formula is C19H25N3O2. The molecule has 2 aromatic rings. The topological polar surface area (TPSA) is 74.2 Å². The van der Waals surface area contributed by atoms with Crippen LogP contribution in [0.4, 0.5) is 0 Å². The van der Waals surface area contributed by atoms with Gasteiger partial charge in [0.05, 0.1) is 12.5 Å². The van der Waals surface area contributed by atoms with Crippen molar-refractivity contribution in [1.29, 1.82) is 0 Å². The highest BCUT2D eigenvalue weighted by atomic mass is 16.5. The molecule has 1 aromatic carbocycles. The Bertz CT molecular complexity index is 740. The van der Waals surface area contributed by atoms with Crippen molar-refractivity contribution in [1.82, 2.24) is 10.1 Å². The molecule has 24 heavy (non-hydrogen) atoms. The number of nitrogens with two attached hydrogens (primary N) is 1. The summed E-state index contributed by atoms with van der Waals surface area (Å²) in [5.41, 5.74) is 6.80. The number of aromatic nitrogens is 2. The number of methoxy groups -OCH3 is 1. The zero-order valence-electron chi connectivity index (χ0n) is 14.5. The van der Waals surface area contributed by atoms with E-state index in [-0.39, 0.29) is 5.41 Å². The van der Waals surface area contributed by atoms with Crippen LogP contribution in [-0.4, -0.2) is 23.3 Å². The Kier molecular flexibility index (Phi) is 3.64. The van der Waals surface area contributed by atoms with Gasteiger partial charge in [0.15, 0.2) is 5.82 Å². The first-order valence-corrected chi connectivity index (χ1v) is 8.74. The quantitative estimate of drug-likeness (QED) is 0.933. The lowest BCUT2D eigenvalue weighted by molar-refractivity contribution is 0.173. The number of nitrogens with zero attached hydrogens (tertiary/aromatic N) is 2. The van der Waals surface area contributed by atoms with Gasteiger partial charge >= 0.3 is 0 Å². The van der Waals surface area contributed by atoms with Crippen LogP contribution >= 0.6 is 0 Å². The van der Waals surface area contributed by atoms with Crippen molar-refractivity contribution in [3.05, 3.63) is 41.5 Å². The Morgan fingerprint density at radius 1 is 1.21 bits per heavy atom. The lowest BCUT2D eigenvalue weighted by atomic mass is 9.72. The molecule has 0 aliphatic heterocycles. The lowest BCUT2D eigenvalue weighted by Gasteiger charge is -2.37. The van der Waals surface area contributed by atoms with Crippen LogP contribution in [0.3, 0.4) is 0 Å². The van der Waals surface area contributed by atoms with Crippen molar-refractivity contribution >= 4 is 0 Å². The molecule has 128 valence electrons. The summed E-state index contributed by atoms with van der Waals surface area (Å²) < 4.78 is 11.2. The van der Waals surface area contributed by atoms with Gasteiger partial charge in [0.25, 0.3) is 0 Å². The van der Waals surface area contributed by atoms with E-state index in [1.807, 2.05) is 18.2 Å². The summed E-state index contributed by atoms with van der Waals surface area (Å²) in [5, 5.41) is 4.30. The first-order chi connectivity index (χ1) is 11.5. The van der Waals surface area contributed by atoms with E-state index in [1.54, 1.807) is 7.11 Å². The van der Waals surface area contributed by atoms with E-state index in [0.717, 1.165) is 42.4 Å². The van der Waals surface area contributed by atoms with Gasteiger partial charge in [0.1, 0.15) is 5.75 Å². The van der Waals surface area contributed by atoms with Gasteiger partial charge in [-0.3, -0.25) is 0 Å². The van der Waals surface area contributed by atoms with Crippen molar-refractivity contribution in [3.8, 4) is 5.75 Å².